The highest BCUT2D eigenvalue weighted by molar-refractivity contribution is 5.86. The van der Waals surface area contributed by atoms with Crippen molar-refractivity contribution < 1.29 is 14.6 Å². The van der Waals surface area contributed by atoms with E-state index in [4.69, 9.17) is 9.84 Å². The third-order valence-electron chi connectivity index (χ3n) is 2.06. The topological polar surface area (TPSA) is 49.8 Å². The molecule has 0 aromatic heterocycles. The molecule has 4 heteroatoms. The molecule has 1 unspecified atom stereocenters. The Labute approximate surface area is 64.1 Å². The molecular weight excluding hydrogens is 146 g/mol. The van der Waals surface area contributed by atoms with Gasteiger partial charge in [-0.2, -0.15) is 0 Å². The van der Waals surface area contributed by atoms with Gasteiger partial charge in [-0.3, -0.25) is 0 Å². The van der Waals surface area contributed by atoms with Crippen LogP contribution in [0.5, 0.6) is 0 Å². The molecule has 4 nitrogen and oxygen atoms in total. The summed E-state index contributed by atoms with van der Waals surface area (Å²) in [7, 11) is 0. The van der Waals surface area contributed by atoms with E-state index in [-0.39, 0.29) is 6.23 Å². The zero-order valence-corrected chi connectivity index (χ0v) is 5.99. The first-order valence-corrected chi connectivity index (χ1v) is 3.61. The number of fused-ring (bicyclic) bond motifs is 1. The quantitative estimate of drug-likeness (QED) is 0.579. The number of carboxylic acid groups (broad SMARTS) is 1. The maximum absolute atomic E-state index is 10.6. The van der Waals surface area contributed by atoms with Gasteiger partial charge in [-0.05, 0) is 6.08 Å². The van der Waals surface area contributed by atoms with Gasteiger partial charge in [-0.25, -0.2) is 4.79 Å². The lowest BCUT2D eigenvalue weighted by molar-refractivity contribution is -0.147. The molecule has 2 aliphatic heterocycles. The molecule has 2 aliphatic rings. The Hall–Kier alpha value is -1.03. The molecule has 2 rings (SSSR count). The second kappa shape index (κ2) is 2.23. The largest absolute Gasteiger partial charge is 0.477 e. The summed E-state index contributed by atoms with van der Waals surface area (Å²) in [6, 6.07) is 0. The molecular formula is C7H9NO3. The highest BCUT2D eigenvalue weighted by atomic mass is 16.5. The van der Waals surface area contributed by atoms with Gasteiger partial charge in [0.2, 0.25) is 0 Å². The SMILES string of the molecule is O=C(O)C1=CCOC2CCN12. The Morgan fingerprint density at radius 1 is 1.82 bits per heavy atom. The molecule has 2 heterocycles. The summed E-state index contributed by atoms with van der Waals surface area (Å²) in [6.45, 7) is 1.24. The number of hydrogen-bond donors (Lipinski definition) is 1. The van der Waals surface area contributed by atoms with E-state index in [0.29, 0.717) is 12.3 Å². The van der Waals surface area contributed by atoms with Crippen LogP contribution in [0.15, 0.2) is 11.8 Å². The van der Waals surface area contributed by atoms with Crippen LogP contribution in [0.2, 0.25) is 0 Å². The van der Waals surface area contributed by atoms with Crippen molar-refractivity contribution in [3.8, 4) is 0 Å². The summed E-state index contributed by atoms with van der Waals surface area (Å²) in [6.07, 6.45) is 2.59. The van der Waals surface area contributed by atoms with E-state index in [1.54, 1.807) is 11.0 Å². The lowest BCUT2D eigenvalue weighted by atomic mass is 10.1. The van der Waals surface area contributed by atoms with Gasteiger partial charge in [0.25, 0.3) is 0 Å². The maximum atomic E-state index is 10.6. The first-order valence-electron chi connectivity index (χ1n) is 3.61. The van der Waals surface area contributed by atoms with Crippen LogP contribution >= 0.6 is 0 Å². The summed E-state index contributed by atoms with van der Waals surface area (Å²) >= 11 is 0. The lowest BCUT2D eigenvalue weighted by Gasteiger charge is -2.44. The van der Waals surface area contributed by atoms with Gasteiger partial charge in [0, 0.05) is 13.0 Å². The summed E-state index contributed by atoms with van der Waals surface area (Å²) in [5, 5.41) is 8.69. The van der Waals surface area contributed by atoms with E-state index < -0.39 is 5.97 Å². The predicted octanol–water partition coefficient (Wildman–Crippen LogP) is 0.0169. The first-order chi connectivity index (χ1) is 5.29. The normalized spacial score (nSPS) is 28.5. The monoisotopic (exact) mass is 155 g/mol. The molecule has 0 saturated carbocycles. The number of ether oxygens (including phenoxy) is 1. The number of hydrogen-bond acceptors (Lipinski definition) is 3. The van der Waals surface area contributed by atoms with E-state index in [1.165, 1.54) is 0 Å². The molecule has 0 aromatic carbocycles. The average Bonchev–Trinajstić information content (AvgIpc) is 1.90. The van der Waals surface area contributed by atoms with Gasteiger partial charge >= 0.3 is 5.97 Å². The number of aliphatic carboxylic acids is 1. The molecule has 1 saturated heterocycles. The molecule has 0 aromatic rings. The number of carbonyl (C=O) groups is 1. The van der Waals surface area contributed by atoms with Gasteiger partial charge in [0.05, 0.1) is 6.61 Å². The Morgan fingerprint density at radius 2 is 2.64 bits per heavy atom. The van der Waals surface area contributed by atoms with E-state index in [1.807, 2.05) is 0 Å². The third kappa shape index (κ3) is 0.903. The third-order valence-corrected chi connectivity index (χ3v) is 2.06. The van der Waals surface area contributed by atoms with Crippen LogP contribution in [0, 0.1) is 0 Å². The number of rotatable bonds is 1. The van der Waals surface area contributed by atoms with Crippen LogP contribution in [-0.4, -0.2) is 35.4 Å². The Bertz CT molecular complexity index is 224. The zero-order valence-electron chi connectivity index (χ0n) is 5.99. The lowest BCUT2D eigenvalue weighted by Crippen LogP contribution is -2.52. The smallest absolute Gasteiger partial charge is 0.351 e. The first kappa shape index (κ1) is 6.67. The highest BCUT2D eigenvalue weighted by Crippen LogP contribution is 2.27. The van der Waals surface area contributed by atoms with Gasteiger partial charge in [-0.1, -0.05) is 0 Å². The van der Waals surface area contributed by atoms with E-state index in [0.717, 1.165) is 13.0 Å². The van der Waals surface area contributed by atoms with Crippen molar-refractivity contribution >= 4 is 5.97 Å². The average molecular weight is 155 g/mol. The Morgan fingerprint density at radius 3 is 3.09 bits per heavy atom. The fraction of sp³-hybridized carbons (Fsp3) is 0.571. The number of carboxylic acids is 1. The van der Waals surface area contributed by atoms with Crippen LogP contribution in [0.1, 0.15) is 6.42 Å². The zero-order chi connectivity index (χ0) is 7.84. The fourth-order valence-corrected chi connectivity index (χ4v) is 1.38. The Kier molecular flexibility index (Phi) is 1.35. The molecule has 0 amide bonds. The summed E-state index contributed by atoms with van der Waals surface area (Å²) in [5.74, 6) is -0.849. The van der Waals surface area contributed by atoms with Crippen molar-refractivity contribution in [2.24, 2.45) is 0 Å². The van der Waals surface area contributed by atoms with Crippen LogP contribution in [0.4, 0.5) is 0 Å². The minimum absolute atomic E-state index is 0.0334. The summed E-state index contributed by atoms with van der Waals surface area (Å²) in [5.41, 5.74) is 0.396. The molecule has 0 aliphatic carbocycles. The second-order valence-corrected chi connectivity index (χ2v) is 2.66. The van der Waals surface area contributed by atoms with Gasteiger partial charge in [0.15, 0.2) is 0 Å². The summed E-state index contributed by atoms with van der Waals surface area (Å²) < 4.78 is 5.24. The van der Waals surface area contributed by atoms with Crippen molar-refractivity contribution in [2.45, 2.75) is 12.6 Å². The fourth-order valence-electron chi connectivity index (χ4n) is 1.38. The Balaban J connectivity index is 2.18. The highest BCUT2D eigenvalue weighted by Gasteiger charge is 2.35. The summed E-state index contributed by atoms with van der Waals surface area (Å²) in [4.78, 5) is 12.3. The molecule has 60 valence electrons. The van der Waals surface area contributed by atoms with Gasteiger partial charge in [-0.15, -0.1) is 0 Å². The van der Waals surface area contributed by atoms with Crippen molar-refractivity contribution in [1.82, 2.24) is 4.90 Å². The number of nitrogens with zero attached hydrogens (tertiary/aromatic N) is 1. The van der Waals surface area contributed by atoms with E-state index in [9.17, 15) is 4.79 Å². The molecule has 0 radical (unpaired) electrons. The van der Waals surface area contributed by atoms with Crippen molar-refractivity contribution in [3.05, 3.63) is 11.8 Å². The van der Waals surface area contributed by atoms with Crippen LogP contribution in [-0.2, 0) is 9.53 Å². The minimum Gasteiger partial charge on any atom is -0.477 e. The molecule has 0 bridgehead atoms. The van der Waals surface area contributed by atoms with Crippen molar-refractivity contribution in [3.63, 3.8) is 0 Å². The maximum Gasteiger partial charge on any atom is 0.351 e. The van der Waals surface area contributed by atoms with E-state index >= 15 is 0 Å². The van der Waals surface area contributed by atoms with Crippen molar-refractivity contribution in [2.75, 3.05) is 13.2 Å². The van der Waals surface area contributed by atoms with Crippen LogP contribution in [0.3, 0.4) is 0 Å². The molecule has 1 atom stereocenters. The van der Waals surface area contributed by atoms with E-state index in [2.05, 4.69) is 0 Å². The minimum atomic E-state index is -0.849. The van der Waals surface area contributed by atoms with Gasteiger partial charge in [0.1, 0.15) is 11.9 Å². The molecule has 0 spiro atoms. The molecule has 1 N–H and O–H groups in total. The predicted molar refractivity (Wildman–Crippen MR) is 36.8 cm³/mol. The standard InChI is InChI=1S/C7H9NO3/c9-7(10)5-2-4-11-6-1-3-8(5)6/h2,6H,1,3-4H2,(H,9,10). The van der Waals surface area contributed by atoms with Crippen LogP contribution in [0.25, 0.3) is 0 Å². The van der Waals surface area contributed by atoms with Crippen LogP contribution < -0.4 is 0 Å². The van der Waals surface area contributed by atoms with Crippen molar-refractivity contribution in [1.29, 1.82) is 0 Å². The van der Waals surface area contributed by atoms with Gasteiger partial charge < -0.3 is 14.7 Å². The molecule has 1 fully saturated rings. The molecule has 11 heavy (non-hydrogen) atoms. The second-order valence-electron chi connectivity index (χ2n) is 2.66.